The maximum Gasteiger partial charge on any atom is 0.128 e. The van der Waals surface area contributed by atoms with Gasteiger partial charge in [0.15, 0.2) is 0 Å². The normalized spacial score (nSPS) is 19.0. The molecular formula is C36H54N2O2. The molecule has 1 aliphatic rings. The first-order valence-electron chi connectivity index (χ1n) is 15.0. The van der Waals surface area contributed by atoms with Gasteiger partial charge >= 0.3 is 0 Å². The standard InChI is InChI=1S/C36H54N2O2/c1-33(2,3)21-17-25(31(39)27(19-21)35(7,8)9)29(37)23-15-13-14-16-24(23)30(38)26-18-22(34(4,5)6)20-28(32(26)40)36(10,11)12/h17-20,23-24,37-40H,13-16H2,1-12H3/t23-,24-/m0/s1. The molecule has 1 aliphatic carbocycles. The van der Waals surface area contributed by atoms with E-state index in [2.05, 4.69) is 95.2 Å². The number of rotatable bonds is 4. The van der Waals surface area contributed by atoms with Crippen molar-refractivity contribution in [3.63, 3.8) is 0 Å². The van der Waals surface area contributed by atoms with Crippen molar-refractivity contribution in [2.45, 2.75) is 130 Å². The fourth-order valence-electron chi connectivity index (χ4n) is 5.91. The van der Waals surface area contributed by atoms with Crippen molar-refractivity contribution in [2.75, 3.05) is 0 Å². The number of phenolic OH excluding ortho intramolecular Hbond substituents is 2. The average Bonchev–Trinajstić information content (AvgIpc) is 2.80. The number of phenols is 2. The summed E-state index contributed by atoms with van der Waals surface area (Å²) in [5.41, 5.74) is 5.08. The fraction of sp³-hybridized carbons (Fsp3) is 0.611. The van der Waals surface area contributed by atoms with Crippen LogP contribution in [0, 0.1) is 22.7 Å². The van der Waals surface area contributed by atoms with Crippen molar-refractivity contribution in [1.82, 2.24) is 0 Å². The van der Waals surface area contributed by atoms with E-state index in [4.69, 9.17) is 0 Å². The molecule has 40 heavy (non-hydrogen) atoms. The second-order valence-electron chi connectivity index (χ2n) is 16.2. The van der Waals surface area contributed by atoms with Gasteiger partial charge in [-0.25, -0.2) is 0 Å². The topological polar surface area (TPSA) is 88.2 Å². The Hall–Kier alpha value is -2.62. The van der Waals surface area contributed by atoms with Crippen LogP contribution in [0.2, 0.25) is 0 Å². The minimum absolute atomic E-state index is 0.135. The summed E-state index contributed by atoms with van der Waals surface area (Å²) in [6.45, 7) is 25.6. The summed E-state index contributed by atoms with van der Waals surface area (Å²) in [4.78, 5) is 0. The molecule has 0 aliphatic heterocycles. The fourth-order valence-corrected chi connectivity index (χ4v) is 5.91. The van der Waals surface area contributed by atoms with E-state index in [0.717, 1.165) is 47.9 Å². The van der Waals surface area contributed by atoms with Crippen molar-refractivity contribution in [3.05, 3.63) is 57.6 Å². The Morgan fingerprint density at radius 3 is 1.10 bits per heavy atom. The minimum Gasteiger partial charge on any atom is -0.507 e. The van der Waals surface area contributed by atoms with Crippen LogP contribution in [0.25, 0.3) is 0 Å². The van der Waals surface area contributed by atoms with Gasteiger partial charge in [0.2, 0.25) is 0 Å². The van der Waals surface area contributed by atoms with Gasteiger partial charge in [0.1, 0.15) is 11.5 Å². The monoisotopic (exact) mass is 546 g/mol. The van der Waals surface area contributed by atoms with Crippen molar-refractivity contribution in [1.29, 1.82) is 10.8 Å². The quantitative estimate of drug-likeness (QED) is 0.288. The summed E-state index contributed by atoms with van der Waals surface area (Å²) in [5, 5.41) is 42.0. The number of benzene rings is 2. The highest BCUT2D eigenvalue weighted by molar-refractivity contribution is 6.09. The van der Waals surface area contributed by atoms with Gasteiger partial charge in [-0.1, -0.05) is 108 Å². The van der Waals surface area contributed by atoms with Gasteiger partial charge in [-0.3, -0.25) is 0 Å². The molecule has 0 amide bonds. The minimum atomic E-state index is -0.276. The largest absolute Gasteiger partial charge is 0.507 e. The van der Waals surface area contributed by atoms with Gasteiger partial charge in [0, 0.05) is 45.5 Å². The molecule has 1 fully saturated rings. The summed E-state index contributed by atoms with van der Waals surface area (Å²) in [5.74, 6) is -0.0279. The first kappa shape index (κ1) is 31.9. The highest BCUT2D eigenvalue weighted by Gasteiger charge is 2.37. The highest BCUT2D eigenvalue weighted by Crippen LogP contribution is 2.44. The molecule has 0 radical (unpaired) electrons. The molecule has 4 heteroatoms. The lowest BCUT2D eigenvalue weighted by atomic mass is 9.69. The van der Waals surface area contributed by atoms with Crippen LogP contribution in [0.1, 0.15) is 142 Å². The molecule has 1 saturated carbocycles. The first-order valence-corrected chi connectivity index (χ1v) is 15.0. The number of aromatic hydroxyl groups is 2. The third kappa shape index (κ3) is 6.47. The van der Waals surface area contributed by atoms with Crippen LogP contribution in [0.4, 0.5) is 0 Å². The Labute approximate surface area is 243 Å². The lowest BCUT2D eigenvalue weighted by molar-refractivity contribution is 0.371. The Bertz CT molecular complexity index is 1190. The van der Waals surface area contributed by atoms with E-state index in [0.29, 0.717) is 22.6 Å². The van der Waals surface area contributed by atoms with E-state index in [1.54, 1.807) is 0 Å². The van der Waals surface area contributed by atoms with Crippen LogP contribution in [-0.2, 0) is 21.7 Å². The van der Waals surface area contributed by atoms with E-state index >= 15 is 0 Å². The zero-order chi connectivity index (χ0) is 30.6. The van der Waals surface area contributed by atoms with Gasteiger partial charge < -0.3 is 21.0 Å². The molecule has 0 spiro atoms. The molecule has 2 atom stereocenters. The van der Waals surface area contributed by atoms with Crippen LogP contribution in [0.15, 0.2) is 24.3 Å². The smallest absolute Gasteiger partial charge is 0.128 e. The molecule has 3 rings (SSSR count). The van der Waals surface area contributed by atoms with Gasteiger partial charge in [-0.15, -0.1) is 0 Å². The van der Waals surface area contributed by atoms with Crippen LogP contribution in [0.5, 0.6) is 11.5 Å². The first-order chi connectivity index (χ1) is 18.0. The van der Waals surface area contributed by atoms with Gasteiger partial charge in [-0.2, -0.15) is 0 Å². The van der Waals surface area contributed by atoms with Gasteiger partial charge in [-0.05, 0) is 57.8 Å². The summed E-state index contributed by atoms with van der Waals surface area (Å²) < 4.78 is 0. The lowest BCUT2D eigenvalue weighted by Crippen LogP contribution is -2.34. The maximum absolute atomic E-state index is 11.5. The van der Waals surface area contributed by atoms with Gasteiger partial charge in [0.25, 0.3) is 0 Å². The SMILES string of the molecule is CC(C)(C)c1cc(C(=N)[C@H]2CCCC[C@@H]2C(=N)c2cc(C(C)(C)C)cc(C(C)(C)C)c2O)c(O)c(C(C)(C)C)c1. The zero-order valence-corrected chi connectivity index (χ0v) is 27.2. The molecule has 4 N–H and O–H groups in total. The summed E-state index contributed by atoms with van der Waals surface area (Å²) in [6.07, 6.45) is 3.57. The molecule has 0 bridgehead atoms. The number of hydrogen-bond acceptors (Lipinski definition) is 4. The summed E-state index contributed by atoms with van der Waals surface area (Å²) >= 11 is 0. The molecular weight excluding hydrogens is 492 g/mol. The van der Waals surface area contributed by atoms with Crippen molar-refractivity contribution >= 4 is 11.4 Å². The second-order valence-corrected chi connectivity index (χ2v) is 16.2. The van der Waals surface area contributed by atoms with E-state index in [1.165, 1.54) is 0 Å². The third-order valence-electron chi connectivity index (χ3n) is 8.66. The van der Waals surface area contributed by atoms with Crippen LogP contribution >= 0.6 is 0 Å². The van der Waals surface area contributed by atoms with Crippen LogP contribution in [-0.4, -0.2) is 21.6 Å². The summed E-state index contributed by atoms with van der Waals surface area (Å²) in [6, 6.07) is 8.18. The molecule has 2 aromatic rings. The van der Waals surface area contributed by atoms with Crippen molar-refractivity contribution < 1.29 is 10.2 Å². The number of hydrogen-bond donors (Lipinski definition) is 4. The van der Waals surface area contributed by atoms with Crippen molar-refractivity contribution in [2.24, 2.45) is 11.8 Å². The maximum atomic E-state index is 11.5. The molecule has 0 saturated heterocycles. The predicted octanol–water partition coefficient (Wildman–Crippen LogP) is 9.53. The van der Waals surface area contributed by atoms with Crippen LogP contribution in [0.3, 0.4) is 0 Å². The highest BCUT2D eigenvalue weighted by atomic mass is 16.3. The summed E-state index contributed by atoms with van der Waals surface area (Å²) in [7, 11) is 0. The molecule has 0 heterocycles. The lowest BCUT2D eigenvalue weighted by Gasteiger charge is -2.35. The van der Waals surface area contributed by atoms with E-state index in [-0.39, 0.29) is 45.0 Å². The molecule has 4 nitrogen and oxygen atoms in total. The molecule has 2 aromatic carbocycles. The predicted molar refractivity (Wildman–Crippen MR) is 170 cm³/mol. The average molecular weight is 547 g/mol. The molecule has 220 valence electrons. The van der Waals surface area contributed by atoms with Crippen molar-refractivity contribution in [3.8, 4) is 11.5 Å². The third-order valence-corrected chi connectivity index (χ3v) is 8.66. The Morgan fingerprint density at radius 1 is 0.550 bits per heavy atom. The van der Waals surface area contributed by atoms with Crippen LogP contribution < -0.4 is 0 Å². The number of nitrogens with one attached hydrogen (secondary N) is 2. The zero-order valence-electron chi connectivity index (χ0n) is 27.2. The Kier molecular flexibility index (Phi) is 8.50. The molecule has 0 unspecified atom stereocenters. The Morgan fingerprint density at radius 2 is 0.850 bits per heavy atom. The van der Waals surface area contributed by atoms with E-state index in [9.17, 15) is 21.0 Å². The van der Waals surface area contributed by atoms with E-state index < -0.39 is 0 Å². The Balaban J connectivity index is 2.17. The van der Waals surface area contributed by atoms with Gasteiger partial charge in [0.05, 0.1) is 0 Å². The molecule has 0 aromatic heterocycles. The second kappa shape index (κ2) is 10.7. The van der Waals surface area contributed by atoms with E-state index in [1.807, 2.05) is 12.1 Å².